The Morgan fingerprint density at radius 2 is 2.40 bits per heavy atom. The molecule has 54 valence electrons. The summed E-state index contributed by atoms with van der Waals surface area (Å²) in [6.45, 7) is 2.08. The normalized spacial score (nSPS) is 17.0. The fourth-order valence-electron chi connectivity index (χ4n) is 0.815. The van der Waals surface area contributed by atoms with Crippen LogP contribution in [0.15, 0.2) is 35.7 Å². The minimum atomic E-state index is 0.101. The molecule has 1 aliphatic rings. The summed E-state index contributed by atoms with van der Waals surface area (Å²) in [5, 5.41) is 11.7. The van der Waals surface area contributed by atoms with E-state index in [4.69, 9.17) is 5.11 Å². The molecule has 0 fully saturated rings. The van der Waals surface area contributed by atoms with Crippen LogP contribution in [0.3, 0.4) is 0 Å². The zero-order chi connectivity index (χ0) is 7.40. The van der Waals surface area contributed by atoms with Crippen LogP contribution >= 0.6 is 0 Å². The summed E-state index contributed by atoms with van der Waals surface area (Å²) in [4.78, 5) is 0. The van der Waals surface area contributed by atoms with Crippen molar-refractivity contribution in [2.45, 2.75) is 6.92 Å². The summed E-state index contributed by atoms with van der Waals surface area (Å²) in [5.74, 6) is 0. The Morgan fingerprint density at radius 1 is 1.60 bits per heavy atom. The molecular formula is C8H11NO. The second-order valence-corrected chi connectivity index (χ2v) is 2.27. The lowest BCUT2D eigenvalue weighted by Crippen LogP contribution is -1.90. The first-order valence-electron chi connectivity index (χ1n) is 3.24. The average Bonchev–Trinajstić information content (AvgIpc) is 2.13. The number of hydrogen-bond donors (Lipinski definition) is 2. The van der Waals surface area contributed by atoms with E-state index in [1.807, 2.05) is 25.3 Å². The lowest BCUT2D eigenvalue weighted by molar-refractivity contribution is 0.335. The number of allylic oxidation sites excluding steroid dienone is 2. The predicted molar refractivity (Wildman–Crippen MR) is 41.2 cm³/mol. The molecule has 0 aromatic rings. The third kappa shape index (κ3) is 1.74. The molecule has 0 aromatic carbocycles. The Morgan fingerprint density at radius 3 is 3.10 bits per heavy atom. The second-order valence-electron chi connectivity index (χ2n) is 2.27. The van der Waals surface area contributed by atoms with Crippen LogP contribution in [0.5, 0.6) is 0 Å². The maximum atomic E-state index is 8.76. The molecular weight excluding hydrogens is 126 g/mol. The standard InChI is InChI=1S/C8H11NO/c1-7-4-8(6-10)2-3-9-5-7/h2-5,9-10H,6H2,1H3. The molecule has 0 spiro atoms. The van der Waals surface area contributed by atoms with E-state index >= 15 is 0 Å². The van der Waals surface area contributed by atoms with E-state index in [-0.39, 0.29) is 6.61 Å². The third-order valence-electron chi connectivity index (χ3n) is 1.30. The van der Waals surface area contributed by atoms with E-state index in [9.17, 15) is 0 Å². The van der Waals surface area contributed by atoms with Crippen LogP contribution < -0.4 is 5.32 Å². The first-order chi connectivity index (χ1) is 4.83. The van der Waals surface area contributed by atoms with Gasteiger partial charge in [-0.2, -0.15) is 0 Å². The number of hydrogen-bond acceptors (Lipinski definition) is 2. The maximum absolute atomic E-state index is 8.76. The second kappa shape index (κ2) is 3.22. The van der Waals surface area contributed by atoms with Gasteiger partial charge in [0.1, 0.15) is 0 Å². The summed E-state index contributed by atoms with van der Waals surface area (Å²) >= 11 is 0. The first-order valence-corrected chi connectivity index (χ1v) is 3.24. The van der Waals surface area contributed by atoms with Gasteiger partial charge in [-0.1, -0.05) is 6.08 Å². The molecule has 0 saturated heterocycles. The minimum absolute atomic E-state index is 0.101. The topological polar surface area (TPSA) is 32.3 Å². The summed E-state index contributed by atoms with van der Waals surface area (Å²) in [6.07, 6.45) is 7.49. The Balaban J connectivity index is 2.79. The van der Waals surface area contributed by atoms with Crippen molar-refractivity contribution in [1.29, 1.82) is 0 Å². The Labute approximate surface area is 60.6 Å². The minimum Gasteiger partial charge on any atom is -0.392 e. The number of aliphatic hydroxyl groups excluding tert-OH is 1. The fraction of sp³-hybridized carbons (Fsp3) is 0.250. The van der Waals surface area contributed by atoms with Gasteiger partial charge in [0.25, 0.3) is 0 Å². The molecule has 1 heterocycles. The molecule has 0 unspecified atom stereocenters. The molecule has 2 N–H and O–H groups in total. The number of rotatable bonds is 1. The molecule has 1 rings (SSSR count). The van der Waals surface area contributed by atoms with Crippen LogP contribution in [-0.2, 0) is 0 Å². The summed E-state index contributed by atoms with van der Waals surface area (Å²) in [5.41, 5.74) is 2.05. The molecule has 0 aliphatic carbocycles. The Hall–Kier alpha value is -1.02. The van der Waals surface area contributed by atoms with Gasteiger partial charge in [-0.05, 0) is 24.1 Å². The lowest BCUT2D eigenvalue weighted by atomic mass is 10.2. The quantitative estimate of drug-likeness (QED) is 0.563. The molecule has 0 saturated carbocycles. The van der Waals surface area contributed by atoms with Gasteiger partial charge in [0.05, 0.1) is 6.61 Å². The summed E-state index contributed by atoms with van der Waals surface area (Å²) in [6, 6.07) is 0. The Bertz CT molecular complexity index is 201. The van der Waals surface area contributed by atoms with Gasteiger partial charge < -0.3 is 10.4 Å². The van der Waals surface area contributed by atoms with Crippen molar-refractivity contribution in [2.24, 2.45) is 0 Å². The highest BCUT2D eigenvalue weighted by atomic mass is 16.3. The van der Waals surface area contributed by atoms with Crippen LogP contribution in [-0.4, -0.2) is 11.7 Å². The van der Waals surface area contributed by atoms with Gasteiger partial charge in [-0.25, -0.2) is 0 Å². The molecule has 2 nitrogen and oxygen atoms in total. The zero-order valence-electron chi connectivity index (χ0n) is 5.96. The van der Waals surface area contributed by atoms with Crippen LogP contribution in [0.25, 0.3) is 0 Å². The van der Waals surface area contributed by atoms with Crippen molar-refractivity contribution in [1.82, 2.24) is 5.32 Å². The van der Waals surface area contributed by atoms with Crippen molar-refractivity contribution < 1.29 is 5.11 Å². The van der Waals surface area contributed by atoms with Crippen LogP contribution in [0.4, 0.5) is 0 Å². The van der Waals surface area contributed by atoms with Crippen LogP contribution in [0.2, 0.25) is 0 Å². The van der Waals surface area contributed by atoms with E-state index in [0.29, 0.717) is 0 Å². The van der Waals surface area contributed by atoms with E-state index < -0.39 is 0 Å². The third-order valence-corrected chi connectivity index (χ3v) is 1.30. The molecule has 0 amide bonds. The molecule has 10 heavy (non-hydrogen) atoms. The first kappa shape index (κ1) is 7.09. The van der Waals surface area contributed by atoms with E-state index in [0.717, 1.165) is 11.1 Å². The Kier molecular flexibility index (Phi) is 2.29. The van der Waals surface area contributed by atoms with Crippen molar-refractivity contribution in [3.8, 4) is 0 Å². The van der Waals surface area contributed by atoms with Crippen molar-refractivity contribution in [3.63, 3.8) is 0 Å². The number of nitrogens with one attached hydrogen (secondary N) is 1. The van der Waals surface area contributed by atoms with Gasteiger partial charge in [-0.3, -0.25) is 0 Å². The molecule has 0 atom stereocenters. The number of aliphatic hydroxyl groups is 1. The van der Waals surface area contributed by atoms with E-state index in [1.165, 1.54) is 0 Å². The van der Waals surface area contributed by atoms with Crippen molar-refractivity contribution >= 4 is 0 Å². The SMILES string of the molecule is CC1=CNC=CC(CO)=C1. The van der Waals surface area contributed by atoms with Crippen LogP contribution in [0.1, 0.15) is 6.92 Å². The predicted octanol–water partition coefficient (Wildman–Crippen LogP) is 0.926. The van der Waals surface area contributed by atoms with Crippen LogP contribution in [0, 0.1) is 0 Å². The molecule has 0 aromatic heterocycles. The van der Waals surface area contributed by atoms with E-state index in [2.05, 4.69) is 5.32 Å². The monoisotopic (exact) mass is 137 g/mol. The van der Waals surface area contributed by atoms with Gasteiger partial charge in [0.15, 0.2) is 0 Å². The summed E-state index contributed by atoms with van der Waals surface area (Å²) in [7, 11) is 0. The van der Waals surface area contributed by atoms with Gasteiger partial charge in [-0.15, -0.1) is 0 Å². The van der Waals surface area contributed by atoms with Gasteiger partial charge in [0.2, 0.25) is 0 Å². The lowest BCUT2D eigenvalue weighted by Gasteiger charge is -1.92. The smallest absolute Gasteiger partial charge is 0.0682 e. The van der Waals surface area contributed by atoms with Gasteiger partial charge in [0, 0.05) is 12.4 Å². The molecule has 0 bridgehead atoms. The average molecular weight is 137 g/mol. The van der Waals surface area contributed by atoms with E-state index in [1.54, 1.807) is 6.20 Å². The zero-order valence-corrected chi connectivity index (χ0v) is 5.96. The fourth-order valence-corrected chi connectivity index (χ4v) is 0.815. The van der Waals surface area contributed by atoms with Crippen molar-refractivity contribution in [2.75, 3.05) is 6.61 Å². The molecule has 1 aliphatic heterocycles. The molecule has 0 radical (unpaired) electrons. The van der Waals surface area contributed by atoms with Crippen molar-refractivity contribution in [3.05, 3.63) is 35.7 Å². The maximum Gasteiger partial charge on any atom is 0.0682 e. The highest BCUT2D eigenvalue weighted by Crippen LogP contribution is 2.04. The largest absolute Gasteiger partial charge is 0.392 e. The summed E-state index contributed by atoms with van der Waals surface area (Å²) < 4.78 is 0. The molecule has 2 heteroatoms. The highest BCUT2D eigenvalue weighted by Gasteiger charge is 1.92. The van der Waals surface area contributed by atoms with Gasteiger partial charge >= 0.3 is 0 Å². The highest BCUT2D eigenvalue weighted by molar-refractivity contribution is 5.31.